The predicted octanol–water partition coefficient (Wildman–Crippen LogP) is 5.39. The number of carbonyl (C=O) groups excluding carboxylic acids is 1. The average Bonchev–Trinajstić information content (AvgIpc) is 2.84. The van der Waals surface area contributed by atoms with Crippen molar-refractivity contribution < 1.29 is 14.7 Å². The predicted molar refractivity (Wildman–Crippen MR) is 89.6 cm³/mol. The third kappa shape index (κ3) is 2.50. The molecule has 1 aromatic heterocycles. The minimum absolute atomic E-state index is 0.102. The lowest BCUT2D eigenvalue weighted by Crippen LogP contribution is -1.99. The minimum atomic E-state index is -1.07. The molecule has 0 unspecified atom stereocenters. The molecule has 2 aromatic carbocycles. The lowest BCUT2D eigenvalue weighted by Gasteiger charge is -2.05. The number of benzene rings is 2. The SMILES string of the molecule is O=Cc1c(-c2cc(Cl)ccc2C(=O)O)sc2ccc(Cl)cc12. The van der Waals surface area contributed by atoms with E-state index in [1.54, 1.807) is 18.2 Å². The van der Waals surface area contributed by atoms with Gasteiger partial charge in [-0.15, -0.1) is 11.3 Å². The summed E-state index contributed by atoms with van der Waals surface area (Å²) in [6, 6.07) is 9.75. The van der Waals surface area contributed by atoms with E-state index in [-0.39, 0.29) is 5.56 Å². The number of rotatable bonds is 3. The minimum Gasteiger partial charge on any atom is -0.478 e. The number of aromatic carboxylic acids is 1. The summed E-state index contributed by atoms with van der Waals surface area (Å²) >= 11 is 13.3. The van der Waals surface area contributed by atoms with Crippen LogP contribution in [0.3, 0.4) is 0 Å². The van der Waals surface area contributed by atoms with Gasteiger partial charge in [-0.05, 0) is 36.4 Å². The van der Waals surface area contributed by atoms with E-state index in [0.717, 1.165) is 11.0 Å². The highest BCUT2D eigenvalue weighted by Crippen LogP contribution is 2.40. The Balaban J connectivity index is 2.38. The van der Waals surface area contributed by atoms with Crippen molar-refractivity contribution in [1.29, 1.82) is 0 Å². The first-order chi connectivity index (χ1) is 10.5. The summed E-state index contributed by atoms with van der Waals surface area (Å²) in [5, 5.41) is 11.0. The fourth-order valence-corrected chi connectivity index (χ4v) is 3.82. The number of carboxylic acid groups (broad SMARTS) is 1. The molecule has 1 heterocycles. The van der Waals surface area contributed by atoms with Gasteiger partial charge in [-0.2, -0.15) is 0 Å². The van der Waals surface area contributed by atoms with Gasteiger partial charge in [0.25, 0.3) is 0 Å². The molecule has 0 aliphatic rings. The Labute approximate surface area is 139 Å². The molecule has 0 aliphatic carbocycles. The maximum Gasteiger partial charge on any atom is 0.336 e. The number of hydrogen-bond acceptors (Lipinski definition) is 3. The van der Waals surface area contributed by atoms with Gasteiger partial charge in [0.1, 0.15) is 0 Å². The van der Waals surface area contributed by atoms with Crippen LogP contribution in [-0.2, 0) is 0 Å². The van der Waals surface area contributed by atoms with Crippen LogP contribution < -0.4 is 0 Å². The fourth-order valence-electron chi connectivity index (χ4n) is 2.30. The van der Waals surface area contributed by atoms with Crippen LogP contribution in [-0.4, -0.2) is 17.4 Å². The Morgan fingerprint density at radius 3 is 2.45 bits per heavy atom. The summed E-state index contributed by atoms with van der Waals surface area (Å²) in [5.74, 6) is -1.07. The van der Waals surface area contributed by atoms with E-state index < -0.39 is 5.97 Å². The molecule has 0 fully saturated rings. The summed E-state index contributed by atoms with van der Waals surface area (Å²) in [7, 11) is 0. The zero-order valence-electron chi connectivity index (χ0n) is 11.0. The molecule has 0 bridgehead atoms. The molecular formula is C16H8Cl2O3S. The van der Waals surface area contributed by atoms with Gasteiger partial charge in [0.2, 0.25) is 0 Å². The van der Waals surface area contributed by atoms with Crippen molar-refractivity contribution in [2.45, 2.75) is 0 Å². The monoisotopic (exact) mass is 350 g/mol. The molecule has 3 aromatic rings. The van der Waals surface area contributed by atoms with E-state index in [0.29, 0.717) is 31.4 Å². The number of hydrogen-bond donors (Lipinski definition) is 1. The lowest BCUT2D eigenvalue weighted by atomic mass is 10.0. The Kier molecular flexibility index (Phi) is 3.91. The van der Waals surface area contributed by atoms with E-state index in [4.69, 9.17) is 23.2 Å². The van der Waals surface area contributed by atoms with Crippen molar-refractivity contribution in [3.8, 4) is 10.4 Å². The second kappa shape index (κ2) is 5.72. The zero-order valence-corrected chi connectivity index (χ0v) is 13.3. The Morgan fingerprint density at radius 2 is 1.77 bits per heavy atom. The highest BCUT2D eigenvalue weighted by Gasteiger charge is 2.19. The van der Waals surface area contributed by atoms with E-state index in [1.165, 1.54) is 23.5 Å². The Hall–Kier alpha value is -1.88. The van der Waals surface area contributed by atoms with Gasteiger partial charge in [0, 0.05) is 36.1 Å². The molecule has 0 amide bonds. The van der Waals surface area contributed by atoms with Gasteiger partial charge < -0.3 is 5.11 Å². The number of thiophene rings is 1. The van der Waals surface area contributed by atoms with Gasteiger partial charge in [-0.3, -0.25) is 4.79 Å². The van der Waals surface area contributed by atoms with Crippen molar-refractivity contribution in [1.82, 2.24) is 0 Å². The molecule has 3 nitrogen and oxygen atoms in total. The van der Waals surface area contributed by atoms with Crippen LogP contribution in [0.25, 0.3) is 20.5 Å². The Bertz CT molecular complexity index is 915. The van der Waals surface area contributed by atoms with Crippen molar-refractivity contribution in [3.63, 3.8) is 0 Å². The molecule has 110 valence electrons. The van der Waals surface area contributed by atoms with Crippen molar-refractivity contribution in [2.24, 2.45) is 0 Å². The second-order valence-electron chi connectivity index (χ2n) is 4.60. The Morgan fingerprint density at radius 1 is 1.09 bits per heavy atom. The van der Waals surface area contributed by atoms with Gasteiger partial charge in [0.05, 0.1) is 5.56 Å². The van der Waals surface area contributed by atoms with Crippen molar-refractivity contribution in [3.05, 3.63) is 57.6 Å². The largest absolute Gasteiger partial charge is 0.478 e. The van der Waals surface area contributed by atoms with Gasteiger partial charge in [-0.25, -0.2) is 4.79 Å². The van der Waals surface area contributed by atoms with E-state index in [1.807, 2.05) is 6.07 Å². The third-order valence-electron chi connectivity index (χ3n) is 3.26. The number of fused-ring (bicyclic) bond motifs is 1. The van der Waals surface area contributed by atoms with Gasteiger partial charge in [-0.1, -0.05) is 23.2 Å². The van der Waals surface area contributed by atoms with Crippen LogP contribution in [0.5, 0.6) is 0 Å². The molecule has 0 aliphatic heterocycles. The molecule has 0 spiro atoms. The standard InChI is InChI=1S/C16H8Cl2O3S/c17-8-1-3-10(16(20)21)12(6-8)15-13(7-19)11-5-9(18)2-4-14(11)22-15/h1-7H,(H,20,21). The first-order valence-electron chi connectivity index (χ1n) is 6.21. The lowest BCUT2D eigenvalue weighted by molar-refractivity contribution is 0.0697. The molecular weight excluding hydrogens is 343 g/mol. The molecule has 0 radical (unpaired) electrons. The number of carboxylic acids is 1. The number of halogens is 2. The number of aldehydes is 1. The van der Waals surface area contributed by atoms with Crippen LogP contribution >= 0.6 is 34.5 Å². The van der Waals surface area contributed by atoms with E-state index >= 15 is 0 Å². The molecule has 0 saturated heterocycles. The highest BCUT2D eigenvalue weighted by atomic mass is 35.5. The second-order valence-corrected chi connectivity index (χ2v) is 6.52. The van der Waals surface area contributed by atoms with E-state index in [2.05, 4.69) is 0 Å². The molecule has 1 N–H and O–H groups in total. The normalized spacial score (nSPS) is 10.8. The van der Waals surface area contributed by atoms with Crippen molar-refractivity contribution in [2.75, 3.05) is 0 Å². The zero-order chi connectivity index (χ0) is 15.9. The van der Waals surface area contributed by atoms with Gasteiger partial charge >= 0.3 is 5.97 Å². The first-order valence-corrected chi connectivity index (χ1v) is 7.79. The van der Waals surface area contributed by atoms with Crippen molar-refractivity contribution >= 4 is 56.9 Å². The molecule has 22 heavy (non-hydrogen) atoms. The molecule has 0 atom stereocenters. The summed E-state index contributed by atoms with van der Waals surface area (Å²) in [4.78, 5) is 23.5. The molecule has 0 saturated carbocycles. The summed E-state index contributed by atoms with van der Waals surface area (Å²) in [6.07, 6.45) is 0.719. The van der Waals surface area contributed by atoms with E-state index in [9.17, 15) is 14.7 Å². The summed E-state index contributed by atoms with van der Waals surface area (Å²) in [5.41, 5.74) is 0.955. The van der Waals surface area contributed by atoms with Crippen LogP contribution in [0.4, 0.5) is 0 Å². The molecule has 6 heteroatoms. The summed E-state index contributed by atoms with van der Waals surface area (Å²) in [6.45, 7) is 0. The van der Waals surface area contributed by atoms with Gasteiger partial charge in [0.15, 0.2) is 6.29 Å². The third-order valence-corrected chi connectivity index (χ3v) is 4.95. The van der Waals surface area contributed by atoms with Crippen LogP contribution in [0.2, 0.25) is 10.0 Å². The fraction of sp³-hybridized carbons (Fsp3) is 0. The maximum absolute atomic E-state index is 11.5. The smallest absolute Gasteiger partial charge is 0.336 e. The van der Waals surface area contributed by atoms with Crippen LogP contribution in [0, 0.1) is 0 Å². The average molecular weight is 351 g/mol. The molecule has 3 rings (SSSR count). The number of carbonyl (C=O) groups is 2. The van der Waals surface area contributed by atoms with Crippen LogP contribution in [0.15, 0.2) is 36.4 Å². The van der Waals surface area contributed by atoms with Crippen LogP contribution in [0.1, 0.15) is 20.7 Å². The topological polar surface area (TPSA) is 54.4 Å². The first kappa shape index (κ1) is 15.0. The quantitative estimate of drug-likeness (QED) is 0.644. The highest BCUT2D eigenvalue weighted by molar-refractivity contribution is 7.22. The maximum atomic E-state index is 11.5. The summed E-state index contributed by atoms with van der Waals surface area (Å²) < 4.78 is 0.859.